The molecule has 0 saturated carbocycles. The quantitative estimate of drug-likeness (QED) is 0.733. The molecule has 0 bridgehead atoms. The fraction of sp³-hybridized carbons (Fsp3) is 0.400. The number of fused-ring (bicyclic) bond motifs is 3. The van der Waals surface area contributed by atoms with Crippen LogP contribution in [0.25, 0.3) is 21.8 Å². The number of rotatable bonds is 6. The summed E-state index contributed by atoms with van der Waals surface area (Å²) in [7, 11) is 0. The van der Waals surface area contributed by atoms with Gasteiger partial charge in [0.15, 0.2) is 0 Å². The molecule has 0 amide bonds. The average Bonchev–Trinajstić information content (AvgIpc) is 3.23. The Morgan fingerprint density at radius 3 is 2.38 bits per heavy atom. The van der Waals surface area contributed by atoms with Gasteiger partial charge in [0.1, 0.15) is 0 Å². The summed E-state index contributed by atoms with van der Waals surface area (Å²) in [6.07, 6.45) is 2.16. The first-order chi connectivity index (χ1) is 11.8. The van der Waals surface area contributed by atoms with Gasteiger partial charge < -0.3 is 19.7 Å². The lowest BCUT2D eigenvalue weighted by Gasteiger charge is -2.16. The van der Waals surface area contributed by atoms with Crippen LogP contribution in [0.15, 0.2) is 48.5 Å². The molecule has 1 fully saturated rings. The molecule has 126 valence electrons. The Labute approximate surface area is 142 Å². The number of benzene rings is 2. The number of nitrogens with one attached hydrogen (secondary N) is 1. The molecule has 4 rings (SSSR count). The minimum absolute atomic E-state index is 0.311. The largest absolute Gasteiger partial charge is 0.390 e. The molecular weight excluding hydrogens is 300 g/mol. The van der Waals surface area contributed by atoms with Crippen LogP contribution < -0.4 is 5.32 Å². The third kappa shape index (κ3) is 3.05. The highest BCUT2D eigenvalue weighted by atomic mass is 16.5. The number of hydrogen-bond donors (Lipinski definition) is 2. The molecule has 2 aromatic carbocycles. The third-order valence-corrected chi connectivity index (χ3v) is 4.85. The molecule has 2 heterocycles. The predicted molar refractivity (Wildman–Crippen MR) is 97.3 cm³/mol. The maximum atomic E-state index is 10.5. The van der Waals surface area contributed by atoms with E-state index in [1.54, 1.807) is 0 Å². The lowest BCUT2D eigenvalue weighted by Crippen LogP contribution is -2.34. The number of ether oxygens (including phenoxy) is 1. The Hall–Kier alpha value is -1.88. The van der Waals surface area contributed by atoms with E-state index in [-0.39, 0.29) is 0 Å². The minimum Gasteiger partial charge on any atom is -0.390 e. The van der Waals surface area contributed by atoms with Gasteiger partial charge in [-0.3, -0.25) is 0 Å². The first-order valence-corrected chi connectivity index (χ1v) is 8.79. The number of para-hydroxylation sites is 2. The van der Waals surface area contributed by atoms with E-state index in [0.29, 0.717) is 19.2 Å². The summed E-state index contributed by atoms with van der Waals surface area (Å²) in [6, 6.07) is 16.8. The summed E-state index contributed by atoms with van der Waals surface area (Å²) in [5.41, 5.74) is 2.36. The molecule has 1 aliphatic heterocycles. The molecule has 4 heteroatoms. The van der Waals surface area contributed by atoms with Gasteiger partial charge in [-0.1, -0.05) is 36.4 Å². The highest BCUT2D eigenvalue weighted by Crippen LogP contribution is 2.28. The van der Waals surface area contributed by atoms with Crippen LogP contribution in [-0.4, -0.2) is 41.6 Å². The normalized spacial score (nSPS) is 19.3. The third-order valence-electron chi connectivity index (χ3n) is 4.85. The molecule has 0 spiro atoms. The highest BCUT2D eigenvalue weighted by Gasteiger charge is 2.16. The molecule has 3 aromatic rings. The molecule has 1 saturated heterocycles. The van der Waals surface area contributed by atoms with E-state index in [2.05, 4.69) is 58.4 Å². The van der Waals surface area contributed by atoms with Crippen LogP contribution in [0.3, 0.4) is 0 Å². The number of hydrogen-bond acceptors (Lipinski definition) is 3. The molecular formula is C20H24N2O2. The molecule has 1 aromatic heterocycles. The minimum atomic E-state index is -0.425. The molecule has 0 unspecified atom stereocenters. The SMILES string of the molecule is O[C@H](CNC[C@@H]1CCCO1)Cn1c2ccccc2c2ccccc21. The van der Waals surface area contributed by atoms with Crippen molar-refractivity contribution in [3.8, 4) is 0 Å². The standard InChI is InChI=1S/C20H24N2O2/c23-15(12-21-13-16-6-5-11-24-16)14-22-19-9-3-1-7-17(19)18-8-2-4-10-20(18)22/h1-4,7-10,15-16,21,23H,5-6,11-14H2/t15-,16+/m1/s1. The summed E-state index contributed by atoms with van der Waals surface area (Å²) in [6.45, 7) is 2.87. The summed E-state index contributed by atoms with van der Waals surface area (Å²) >= 11 is 0. The molecule has 4 nitrogen and oxygen atoms in total. The fourth-order valence-corrected chi connectivity index (χ4v) is 3.69. The van der Waals surface area contributed by atoms with Gasteiger partial charge in [-0.05, 0) is 25.0 Å². The molecule has 24 heavy (non-hydrogen) atoms. The Bertz CT molecular complexity index is 767. The van der Waals surface area contributed by atoms with Crippen molar-refractivity contribution in [2.24, 2.45) is 0 Å². The smallest absolute Gasteiger partial charge is 0.0843 e. The van der Waals surface area contributed by atoms with E-state index in [1.165, 1.54) is 21.8 Å². The van der Waals surface area contributed by atoms with Gasteiger partial charge in [0, 0.05) is 41.5 Å². The Morgan fingerprint density at radius 2 is 1.75 bits per heavy atom. The Kier molecular flexibility index (Phi) is 4.52. The van der Waals surface area contributed by atoms with Crippen LogP contribution in [0.5, 0.6) is 0 Å². The van der Waals surface area contributed by atoms with Gasteiger partial charge in [-0.15, -0.1) is 0 Å². The molecule has 2 N–H and O–H groups in total. The van der Waals surface area contributed by atoms with Gasteiger partial charge in [-0.25, -0.2) is 0 Å². The molecule has 0 radical (unpaired) electrons. The van der Waals surface area contributed by atoms with Gasteiger partial charge in [0.2, 0.25) is 0 Å². The van der Waals surface area contributed by atoms with Gasteiger partial charge in [-0.2, -0.15) is 0 Å². The van der Waals surface area contributed by atoms with Crippen LogP contribution in [0.4, 0.5) is 0 Å². The summed E-state index contributed by atoms with van der Waals surface area (Å²) < 4.78 is 7.83. The zero-order valence-corrected chi connectivity index (χ0v) is 13.8. The summed E-state index contributed by atoms with van der Waals surface area (Å²) in [4.78, 5) is 0. The Balaban J connectivity index is 1.50. The maximum absolute atomic E-state index is 10.5. The summed E-state index contributed by atoms with van der Waals surface area (Å²) in [5.74, 6) is 0. The number of aliphatic hydroxyl groups excluding tert-OH is 1. The average molecular weight is 324 g/mol. The van der Waals surface area contributed by atoms with E-state index in [0.717, 1.165) is 26.0 Å². The van der Waals surface area contributed by atoms with Crippen molar-refractivity contribution in [2.75, 3.05) is 19.7 Å². The van der Waals surface area contributed by atoms with E-state index in [4.69, 9.17) is 4.74 Å². The van der Waals surface area contributed by atoms with Gasteiger partial charge in [0.25, 0.3) is 0 Å². The highest BCUT2D eigenvalue weighted by molar-refractivity contribution is 6.07. The summed E-state index contributed by atoms with van der Waals surface area (Å²) in [5, 5.41) is 16.3. The van der Waals surface area contributed by atoms with Crippen molar-refractivity contribution in [1.29, 1.82) is 0 Å². The van der Waals surface area contributed by atoms with Crippen molar-refractivity contribution in [1.82, 2.24) is 9.88 Å². The van der Waals surface area contributed by atoms with E-state index in [1.807, 2.05) is 0 Å². The van der Waals surface area contributed by atoms with Crippen LogP contribution in [0.2, 0.25) is 0 Å². The monoisotopic (exact) mass is 324 g/mol. The zero-order chi connectivity index (χ0) is 16.4. The molecule has 1 aliphatic rings. The van der Waals surface area contributed by atoms with Crippen LogP contribution >= 0.6 is 0 Å². The molecule has 0 aliphatic carbocycles. The second-order valence-corrected chi connectivity index (χ2v) is 6.59. The first-order valence-electron chi connectivity index (χ1n) is 8.79. The van der Waals surface area contributed by atoms with Crippen molar-refractivity contribution in [3.05, 3.63) is 48.5 Å². The number of aliphatic hydroxyl groups is 1. The number of aromatic nitrogens is 1. The van der Waals surface area contributed by atoms with E-state index in [9.17, 15) is 5.11 Å². The predicted octanol–water partition coefficient (Wildman–Crippen LogP) is 2.92. The number of nitrogens with zero attached hydrogens (tertiary/aromatic N) is 1. The van der Waals surface area contributed by atoms with Crippen LogP contribution in [-0.2, 0) is 11.3 Å². The zero-order valence-electron chi connectivity index (χ0n) is 13.8. The van der Waals surface area contributed by atoms with Crippen molar-refractivity contribution in [3.63, 3.8) is 0 Å². The van der Waals surface area contributed by atoms with E-state index >= 15 is 0 Å². The van der Waals surface area contributed by atoms with Crippen molar-refractivity contribution < 1.29 is 9.84 Å². The maximum Gasteiger partial charge on any atom is 0.0843 e. The van der Waals surface area contributed by atoms with Crippen LogP contribution in [0, 0.1) is 0 Å². The second kappa shape index (κ2) is 6.93. The van der Waals surface area contributed by atoms with Crippen molar-refractivity contribution >= 4 is 21.8 Å². The fourth-order valence-electron chi connectivity index (χ4n) is 3.69. The van der Waals surface area contributed by atoms with Crippen molar-refractivity contribution in [2.45, 2.75) is 31.6 Å². The van der Waals surface area contributed by atoms with Gasteiger partial charge in [0.05, 0.1) is 18.8 Å². The van der Waals surface area contributed by atoms with Crippen LogP contribution in [0.1, 0.15) is 12.8 Å². The lowest BCUT2D eigenvalue weighted by molar-refractivity contribution is 0.101. The topological polar surface area (TPSA) is 46.4 Å². The van der Waals surface area contributed by atoms with E-state index < -0.39 is 6.10 Å². The first kappa shape index (κ1) is 15.6. The lowest BCUT2D eigenvalue weighted by atomic mass is 10.2. The van der Waals surface area contributed by atoms with Gasteiger partial charge >= 0.3 is 0 Å². The molecule has 2 atom stereocenters. The second-order valence-electron chi connectivity index (χ2n) is 6.59. The Morgan fingerprint density at radius 1 is 1.08 bits per heavy atom.